The predicted octanol–water partition coefficient (Wildman–Crippen LogP) is 1.01. The summed E-state index contributed by atoms with van der Waals surface area (Å²) in [6.07, 6.45) is 3.69. The van der Waals surface area contributed by atoms with Gasteiger partial charge in [0.2, 0.25) is 0 Å². The summed E-state index contributed by atoms with van der Waals surface area (Å²) in [5, 5.41) is 0. The number of piperidine rings is 1. The number of H-pyrrole nitrogens is 1. The Morgan fingerprint density at radius 1 is 1.41 bits per heavy atom. The summed E-state index contributed by atoms with van der Waals surface area (Å²) in [7, 11) is 0. The van der Waals surface area contributed by atoms with Crippen LogP contribution >= 0.6 is 0 Å². The van der Waals surface area contributed by atoms with Crippen LogP contribution in [0.4, 0.5) is 5.82 Å². The summed E-state index contributed by atoms with van der Waals surface area (Å²) in [5.41, 5.74) is 6.94. The molecule has 6 heteroatoms. The topological polar surface area (TPSA) is 84.2 Å². The van der Waals surface area contributed by atoms with E-state index in [0.717, 1.165) is 38.2 Å². The van der Waals surface area contributed by atoms with Crippen LogP contribution in [0, 0.1) is 5.41 Å². The number of nitrogens with two attached hydrogens (primary N) is 1. The molecule has 2 aliphatic rings. The molecule has 2 saturated heterocycles. The van der Waals surface area contributed by atoms with Gasteiger partial charge in [-0.25, -0.2) is 4.98 Å². The van der Waals surface area contributed by atoms with Gasteiger partial charge in [-0.05, 0) is 12.8 Å². The lowest BCUT2D eigenvalue weighted by atomic mass is 9.75. The first kappa shape index (κ1) is 15.5. The summed E-state index contributed by atoms with van der Waals surface area (Å²) in [4.78, 5) is 21.8. The number of ether oxygens (including phenoxy) is 1. The molecule has 0 amide bonds. The van der Waals surface area contributed by atoms with Gasteiger partial charge >= 0.3 is 0 Å². The third-order valence-electron chi connectivity index (χ3n) is 5.11. The lowest BCUT2D eigenvalue weighted by Crippen LogP contribution is -2.50. The van der Waals surface area contributed by atoms with Gasteiger partial charge in [-0.2, -0.15) is 0 Å². The van der Waals surface area contributed by atoms with E-state index in [1.165, 1.54) is 0 Å². The van der Waals surface area contributed by atoms with E-state index in [2.05, 4.69) is 35.6 Å². The van der Waals surface area contributed by atoms with Crippen LogP contribution in [0.3, 0.4) is 0 Å². The molecule has 2 aliphatic heterocycles. The van der Waals surface area contributed by atoms with Gasteiger partial charge in [0.15, 0.2) is 5.82 Å². The fourth-order valence-electron chi connectivity index (χ4n) is 3.35. The zero-order valence-electron chi connectivity index (χ0n) is 13.7. The van der Waals surface area contributed by atoms with Gasteiger partial charge in [0.05, 0.1) is 13.2 Å². The lowest BCUT2D eigenvalue weighted by molar-refractivity contribution is 0.131. The molecule has 22 heavy (non-hydrogen) atoms. The molecule has 122 valence electrons. The Morgan fingerprint density at radius 3 is 2.59 bits per heavy atom. The Bertz CT molecular complexity index is 597. The second-order valence-corrected chi connectivity index (χ2v) is 7.67. The van der Waals surface area contributed by atoms with Gasteiger partial charge in [-0.1, -0.05) is 20.8 Å². The van der Waals surface area contributed by atoms with Crippen LogP contribution in [0.1, 0.15) is 39.3 Å². The van der Waals surface area contributed by atoms with Crippen molar-refractivity contribution in [2.75, 3.05) is 31.2 Å². The van der Waals surface area contributed by atoms with Crippen LogP contribution in [0.5, 0.6) is 0 Å². The largest absolute Gasteiger partial charge is 0.379 e. The predicted molar refractivity (Wildman–Crippen MR) is 86.2 cm³/mol. The zero-order chi connectivity index (χ0) is 16.0. The molecule has 1 atom stereocenters. The molecule has 0 bridgehead atoms. The van der Waals surface area contributed by atoms with Crippen molar-refractivity contribution in [1.29, 1.82) is 0 Å². The van der Waals surface area contributed by atoms with Crippen molar-refractivity contribution in [2.45, 2.75) is 45.1 Å². The highest BCUT2D eigenvalue weighted by Crippen LogP contribution is 2.38. The lowest BCUT2D eigenvalue weighted by Gasteiger charge is -2.40. The minimum atomic E-state index is -0.107. The van der Waals surface area contributed by atoms with Crippen LogP contribution in [0.2, 0.25) is 0 Å². The summed E-state index contributed by atoms with van der Waals surface area (Å²) >= 11 is 0. The maximum Gasteiger partial charge on any atom is 0.291 e. The molecule has 3 rings (SSSR count). The van der Waals surface area contributed by atoms with E-state index in [-0.39, 0.29) is 22.4 Å². The molecule has 0 radical (unpaired) electrons. The van der Waals surface area contributed by atoms with Gasteiger partial charge in [0.25, 0.3) is 5.56 Å². The maximum atomic E-state index is 12.4. The highest BCUT2D eigenvalue weighted by atomic mass is 16.5. The Hall–Kier alpha value is -1.40. The quantitative estimate of drug-likeness (QED) is 0.809. The van der Waals surface area contributed by atoms with Gasteiger partial charge < -0.3 is 20.4 Å². The monoisotopic (exact) mass is 306 g/mol. The highest BCUT2D eigenvalue weighted by molar-refractivity contribution is 5.37. The second kappa shape index (κ2) is 5.35. The van der Waals surface area contributed by atoms with Crippen molar-refractivity contribution in [3.05, 3.63) is 22.2 Å². The summed E-state index contributed by atoms with van der Waals surface area (Å²) < 4.78 is 5.54. The van der Waals surface area contributed by atoms with E-state index < -0.39 is 0 Å². The third-order valence-corrected chi connectivity index (χ3v) is 5.11. The average Bonchev–Trinajstić information content (AvgIpc) is 2.80. The second-order valence-electron chi connectivity index (χ2n) is 7.67. The van der Waals surface area contributed by atoms with Crippen LogP contribution in [-0.2, 0) is 10.2 Å². The van der Waals surface area contributed by atoms with E-state index in [9.17, 15) is 4.79 Å². The van der Waals surface area contributed by atoms with Gasteiger partial charge in [-0.15, -0.1) is 0 Å². The van der Waals surface area contributed by atoms with Crippen molar-refractivity contribution in [1.82, 2.24) is 9.97 Å². The molecule has 1 spiro atoms. The van der Waals surface area contributed by atoms with E-state index in [1.807, 2.05) is 0 Å². The van der Waals surface area contributed by atoms with E-state index >= 15 is 0 Å². The van der Waals surface area contributed by atoms with Crippen molar-refractivity contribution in [3.8, 4) is 0 Å². The Balaban J connectivity index is 1.75. The molecule has 2 fully saturated rings. The number of aromatic amines is 1. The molecule has 0 aromatic carbocycles. The smallest absolute Gasteiger partial charge is 0.291 e. The van der Waals surface area contributed by atoms with Crippen LogP contribution in [0.15, 0.2) is 11.0 Å². The fraction of sp³-hybridized carbons (Fsp3) is 0.750. The number of hydrogen-bond acceptors (Lipinski definition) is 5. The number of nitrogens with one attached hydrogen (secondary N) is 1. The highest BCUT2D eigenvalue weighted by Gasteiger charge is 2.44. The minimum Gasteiger partial charge on any atom is -0.379 e. The summed E-state index contributed by atoms with van der Waals surface area (Å²) in [6.45, 7) is 9.20. The maximum absolute atomic E-state index is 12.4. The first-order valence-corrected chi connectivity index (χ1v) is 8.00. The average molecular weight is 306 g/mol. The van der Waals surface area contributed by atoms with Crippen molar-refractivity contribution in [2.24, 2.45) is 11.1 Å². The number of hydrogen-bond donors (Lipinski definition) is 2. The van der Waals surface area contributed by atoms with Crippen molar-refractivity contribution < 1.29 is 4.74 Å². The van der Waals surface area contributed by atoms with Crippen molar-refractivity contribution >= 4 is 5.82 Å². The van der Waals surface area contributed by atoms with Gasteiger partial charge in [-0.3, -0.25) is 4.79 Å². The van der Waals surface area contributed by atoms with Crippen LogP contribution < -0.4 is 16.2 Å². The summed E-state index contributed by atoms with van der Waals surface area (Å²) in [6, 6.07) is 0.115. The van der Waals surface area contributed by atoms with Gasteiger partial charge in [0, 0.05) is 41.9 Å². The first-order chi connectivity index (χ1) is 10.3. The molecule has 1 aromatic heterocycles. The molecule has 0 saturated carbocycles. The summed E-state index contributed by atoms with van der Waals surface area (Å²) in [5.74, 6) is 0.523. The molecule has 1 aromatic rings. The molecule has 0 aliphatic carbocycles. The van der Waals surface area contributed by atoms with E-state index in [1.54, 1.807) is 6.20 Å². The third kappa shape index (κ3) is 2.65. The van der Waals surface area contributed by atoms with Crippen LogP contribution in [0.25, 0.3) is 0 Å². The number of rotatable bonds is 1. The van der Waals surface area contributed by atoms with Crippen molar-refractivity contribution in [3.63, 3.8) is 0 Å². The zero-order valence-corrected chi connectivity index (χ0v) is 13.7. The standard InChI is InChI=1S/C16H26N4O2/c1-15(2,3)12-8-18-13(14(21)19-12)20-6-4-16(5-7-20)10-22-9-11(16)17/h8,11H,4-7,9-10,17H2,1-3H3,(H,19,21). The van der Waals surface area contributed by atoms with Crippen LogP contribution in [-0.4, -0.2) is 42.3 Å². The first-order valence-electron chi connectivity index (χ1n) is 8.00. The Morgan fingerprint density at radius 2 is 2.09 bits per heavy atom. The fourth-order valence-corrected chi connectivity index (χ4v) is 3.35. The molecular formula is C16H26N4O2. The molecule has 6 nitrogen and oxygen atoms in total. The molecule has 3 N–H and O–H groups in total. The normalized spacial score (nSPS) is 24.9. The SMILES string of the molecule is CC(C)(C)c1cnc(N2CCC3(CC2)COCC3N)c(=O)[nH]1. The number of nitrogens with zero attached hydrogens (tertiary/aromatic N) is 2. The molecular weight excluding hydrogens is 280 g/mol. The van der Waals surface area contributed by atoms with E-state index in [0.29, 0.717) is 12.4 Å². The minimum absolute atomic E-state index is 0.0919. The Kier molecular flexibility index (Phi) is 3.77. The number of aromatic nitrogens is 2. The molecule has 3 heterocycles. The van der Waals surface area contributed by atoms with E-state index in [4.69, 9.17) is 10.5 Å². The molecule has 1 unspecified atom stereocenters. The van der Waals surface area contributed by atoms with Gasteiger partial charge in [0.1, 0.15) is 0 Å². The Labute approximate surface area is 131 Å². The number of anilines is 1.